The van der Waals surface area contributed by atoms with Crippen molar-refractivity contribution >= 4 is 35.1 Å². The van der Waals surface area contributed by atoms with Gasteiger partial charge < -0.3 is 19.9 Å². The van der Waals surface area contributed by atoms with Gasteiger partial charge in [-0.1, -0.05) is 29.8 Å². The van der Waals surface area contributed by atoms with E-state index in [0.717, 1.165) is 18.0 Å². The first kappa shape index (κ1) is 21.3. The van der Waals surface area contributed by atoms with Crippen molar-refractivity contribution in [2.45, 2.75) is 11.3 Å². The maximum atomic E-state index is 14.6. The molecule has 1 aliphatic heterocycles. The monoisotopic (exact) mass is 462 g/mol. The highest BCUT2D eigenvalue weighted by atomic mass is 35.5. The zero-order valence-electron chi connectivity index (χ0n) is 16.0. The molecule has 1 heterocycles. The highest BCUT2D eigenvalue weighted by molar-refractivity contribution is 8.00. The number of rotatable bonds is 0. The fourth-order valence-corrected chi connectivity index (χ4v) is 4.14. The fourth-order valence-electron chi connectivity index (χ4n) is 3.10. The van der Waals surface area contributed by atoms with Crippen LogP contribution in [-0.2, 0) is 0 Å². The van der Waals surface area contributed by atoms with Crippen molar-refractivity contribution in [1.29, 1.82) is 0 Å². The van der Waals surface area contributed by atoms with Crippen LogP contribution in [0.3, 0.4) is 0 Å². The third-order valence-corrected chi connectivity index (χ3v) is 5.80. The molecule has 0 saturated carbocycles. The van der Waals surface area contributed by atoms with E-state index in [1.54, 1.807) is 24.3 Å². The number of phenols is 1. The largest absolute Gasteiger partial charge is 0.505 e. The van der Waals surface area contributed by atoms with Crippen LogP contribution in [0.2, 0.25) is 5.02 Å². The normalized spacial score (nSPS) is 14.1. The molecule has 5 nitrogen and oxygen atoms in total. The first-order valence-corrected chi connectivity index (χ1v) is 10.6. The van der Waals surface area contributed by atoms with Gasteiger partial charge in [-0.15, -0.1) is 0 Å². The third kappa shape index (κ3) is 4.55. The minimum absolute atomic E-state index is 0.00586. The Labute approximate surface area is 186 Å². The Bertz CT molecular complexity index is 1160. The van der Waals surface area contributed by atoms with Gasteiger partial charge in [0.2, 0.25) is 0 Å². The summed E-state index contributed by atoms with van der Waals surface area (Å²) in [5, 5.41) is 13.0. The Morgan fingerprint density at radius 2 is 1.87 bits per heavy atom. The van der Waals surface area contributed by atoms with Crippen LogP contribution < -0.4 is 14.8 Å². The van der Waals surface area contributed by atoms with Crippen LogP contribution in [0.4, 0.5) is 14.5 Å². The molecule has 0 atom stereocenters. The second-order valence-electron chi connectivity index (χ2n) is 6.77. The molecule has 3 aromatic rings. The smallest absolute Gasteiger partial charge is 0.251 e. The maximum absolute atomic E-state index is 14.6. The van der Waals surface area contributed by atoms with Crippen LogP contribution >= 0.6 is 23.5 Å². The van der Waals surface area contributed by atoms with Crippen LogP contribution in [0.25, 0.3) is 11.1 Å². The minimum atomic E-state index is -0.812. The molecule has 0 spiro atoms. The topological polar surface area (TPSA) is 70.6 Å². The second-order valence-corrected chi connectivity index (χ2v) is 8.03. The number of ether oxygens (including phenoxy) is 1. The Morgan fingerprint density at radius 3 is 2.71 bits per heavy atom. The van der Waals surface area contributed by atoms with E-state index < -0.39 is 11.6 Å². The number of carbonyl (C=O) groups is 1. The van der Waals surface area contributed by atoms with Gasteiger partial charge in [0.25, 0.3) is 5.91 Å². The molecule has 3 aromatic carbocycles. The van der Waals surface area contributed by atoms with Crippen molar-refractivity contribution in [3.05, 3.63) is 70.8 Å². The molecule has 160 valence electrons. The van der Waals surface area contributed by atoms with Gasteiger partial charge in [0.1, 0.15) is 23.1 Å². The molecule has 3 N–H and O–H groups in total. The third-order valence-electron chi connectivity index (χ3n) is 4.66. The standard InChI is InChI=1S/C22H17ClF2N2O3S/c23-15-8-12-9-20(21(15)28)31-27-18-10-14(16(24)11-17(18)25)13-4-1-2-5-19(13)30-7-3-6-26-22(12)29/h1-2,4-5,8-11,27-28H,3,6-7H2,(H,26,29). The molecule has 4 bridgehead atoms. The number of hydrogen-bond donors (Lipinski definition) is 3. The van der Waals surface area contributed by atoms with E-state index in [0.29, 0.717) is 24.3 Å². The average Bonchev–Trinajstić information content (AvgIpc) is 2.75. The summed E-state index contributed by atoms with van der Waals surface area (Å²) >= 11 is 6.91. The van der Waals surface area contributed by atoms with Gasteiger partial charge in [0.05, 0.1) is 22.2 Å². The number of amides is 1. The number of carbonyl (C=O) groups excluding carboxylic acids is 1. The quantitative estimate of drug-likeness (QED) is 0.378. The summed E-state index contributed by atoms with van der Waals surface area (Å²) in [7, 11) is 0. The number of phenolic OH excluding ortho intramolecular Hbond substituents is 1. The van der Waals surface area contributed by atoms with Crippen LogP contribution in [-0.4, -0.2) is 24.2 Å². The van der Waals surface area contributed by atoms with Crippen molar-refractivity contribution in [3.8, 4) is 22.6 Å². The number of fused-ring (bicyclic) bond motifs is 6. The molecular formula is C22H17ClF2N2O3S. The number of benzene rings is 3. The van der Waals surface area contributed by atoms with Gasteiger partial charge in [-0.25, -0.2) is 8.78 Å². The summed E-state index contributed by atoms with van der Waals surface area (Å²) in [4.78, 5) is 12.7. The van der Waals surface area contributed by atoms with Gasteiger partial charge in [-0.2, -0.15) is 0 Å². The van der Waals surface area contributed by atoms with Gasteiger partial charge in [-0.3, -0.25) is 4.79 Å². The SMILES string of the molecule is O=C1NCCCOc2ccccc2-c2cc(c(F)cc2F)NSc2cc1cc(Cl)c2O. The molecular weight excluding hydrogens is 446 g/mol. The summed E-state index contributed by atoms with van der Waals surface area (Å²) < 4.78 is 37.6. The van der Waals surface area contributed by atoms with Crippen LogP contribution in [0, 0.1) is 11.6 Å². The molecule has 0 unspecified atom stereocenters. The molecule has 31 heavy (non-hydrogen) atoms. The summed E-state index contributed by atoms with van der Waals surface area (Å²) in [6.45, 7) is 0.623. The predicted molar refractivity (Wildman–Crippen MR) is 117 cm³/mol. The van der Waals surface area contributed by atoms with E-state index in [9.17, 15) is 18.7 Å². The molecule has 0 aromatic heterocycles. The van der Waals surface area contributed by atoms with E-state index in [1.165, 1.54) is 18.2 Å². The van der Waals surface area contributed by atoms with E-state index in [-0.39, 0.29) is 45.0 Å². The van der Waals surface area contributed by atoms with Crippen LogP contribution in [0.15, 0.2) is 53.4 Å². The van der Waals surface area contributed by atoms with E-state index in [1.807, 2.05) is 0 Å². The van der Waals surface area contributed by atoms with Crippen LogP contribution in [0.1, 0.15) is 16.8 Å². The zero-order valence-corrected chi connectivity index (χ0v) is 17.6. The van der Waals surface area contributed by atoms with Gasteiger partial charge in [0.15, 0.2) is 0 Å². The van der Waals surface area contributed by atoms with Crippen molar-refractivity contribution in [1.82, 2.24) is 5.32 Å². The number of anilines is 1. The molecule has 0 fully saturated rings. The predicted octanol–water partition coefficient (Wildman–Crippen LogP) is 5.62. The maximum Gasteiger partial charge on any atom is 0.251 e. The Hall–Kier alpha value is -2.97. The fraction of sp³-hybridized carbons (Fsp3) is 0.136. The molecule has 0 aliphatic carbocycles. The molecule has 4 rings (SSSR count). The highest BCUT2D eigenvalue weighted by Crippen LogP contribution is 2.39. The number of para-hydroxylation sites is 1. The Balaban J connectivity index is 1.79. The Kier molecular flexibility index (Phi) is 6.20. The number of hydrogen-bond acceptors (Lipinski definition) is 5. The molecule has 9 heteroatoms. The molecule has 1 aliphatic rings. The summed E-state index contributed by atoms with van der Waals surface area (Å²) in [6, 6.07) is 11.8. The zero-order chi connectivity index (χ0) is 22.0. The molecule has 0 radical (unpaired) electrons. The Morgan fingerprint density at radius 1 is 1.06 bits per heavy atom. The summed E-state index contributed by atoms with van der Waals surface area (Å²) in [5.41, 5.74) is 0.868. The lowest BCUT2D eigenvalue weighted by Crippen LogP contribution is -2.25. The van der Waals surface area contributed by atoms with E-state index >= 15 is 0 Å². The lowest BCUT2D eigenvalue weighted by Gasteiger charge is -2.16. The summed E-state index contributed by atoms with van der Waals surface area (Å²) in [6.07, 6.45) is 0.506. The summed E-state index contributed by atoms with van der Waals surface area (Å²) in [5.74, 6) is -1.72. The van der Waals surface area contributed by atoms with Gasteiger partial charge >= 0.3 is 0 Å². The lowest BCUT2D eigenvalue weighted by atomic mass is 10.0. The average molecular weight is 463 g/mol. The molecule has 0 saturated heterocycles. The second kappa shape index (κ2) is 9.03. The first-order valence-electron chi connectivity index (χ1n) is 9.39. The van der Waals surface area contributed by atoms with Crippen molar-refractivity contribution in [2.24, 2.45) is 0 Å². The van der Waals surface area contributed by atoms with Crippen molar-refractivity contribution in [2.75, 3.05) is 17.9 Å². The van der Waals surface area contributed by atoms with E-state index in [2.05, 4.69) is 10.0 Å². The number of nitrogens with one attached hydrogen (secondary N) is 2. The lowest BCUT2D eigenvalue weighted by molar-refractivity contribution is 0.0951. The number of halogens is 3. The van der Waals surface area contributed by atoms with E-state index in [4.69, 9.17) is 16.3 Å². The van der Waals surface area contributed by atoms with Crippen molar-refractivity contribution in [3.63, 3.8) is 0 Å². The van der Waals surface area contributed by atoms with Crippen molar-refractivity contribution < 1.29 is 23.4 Å². The van der Waals surface area contributed by atoms with Gasteiger partial charge in [-0.05, 0) is 42.6 Å². The number of aromatic hydroxyl groups is 1. The molecule has 1 amide bonds. The highest BCUT2D eigenvalue weighted by Gasteiger charge is 2.18. The van der Waals surface area contributed by atoms with Gasteiger partial charge in [0, 0.05) is 29.3 Å². The minimum Gasteiger partial charge on any atom is -0.505 e. The van der Waals surface area contributed by atoms with Crippen LogP contribution in [0.5, 0.6) is 11.5 Å². The first-order chi connectivity index (χ1) is 14.9.